The van der Waals surface area contributed by atoms with Gasteiger partial charge in [-0.25, -0.2) is 14.8 Å². The lowest BCUT2D eigenvalue weighted by atomic mass is 9.71. The van der Waals surface area contributed by atoms with Crippen LogP contribution in [0.4, 0.5) is 5.95 Å². The van der Waals surface area contributed by atoms with Gasteiger partial charge in [0.15, 0.2) is 5.69 Å². The van der Waals surface area contributed by atoms with Crippen LogP contribution in [0.2, 0.25) is 0 Å². The number of carbonyl (C=O) groups excluding carboxylic acids is 3. The maximum absolute atomic E-state index is 13.1. The smallest absolute Gasteiger partial charge is 0.356 e. The molecule has 2 bridgehead atoms. The lowest BCUT2D eigenvalue weighted by Gasteiger charge is -2.56. The number of amides is 2. The van der Waals surface area contributed by atoms with Gasteiger partial charge in [-0.3, -0.25) is 9.59 Å². The Labute approximate surface area is 176 Å². The summed E-state index contributed by atoms with van der Waals surface area (Å²) in [5.74, 6) is 0.309. The van der Waals surface area contributed by atoms with E-state index in [1.165, 1.54) is 7.11 Å². The molecule has 4 rings (SSSR count). The van der Waals surface area contributed by atoms with E-state index in [9.17, 15) is 14.4 Å². The summed E-state index contributed by atoms with van der Waals surface area (Å²) < 4.78 is 4.82. The molecular formula is C21H29N5O4. The van der Waals surface area contributed by atoms with Gasteiger partial charge in [0.1, 0.15) is 6.04 Å². The SMILES string of the molecule is COC(=O)c1cc(C)nc(N2C[C@@H]3C[C@H](C2)[C@H](C(=O)N(C)C)N2C(=O)CCC[C@@H]32)n1. The Kier molecular flexibility index (Phi) is 5.38. The molecule has 4 atom stereocenters. The fourth-order valence-electron chi connectivity index (χ4n) is 5.30. The molecule has 0 N–H and O–H groups in total. The number of ether oxygens (including phenoxy) is 1. The average Bonchev–Trinajstić information content (AvgIpc) is 2.73. The van der Waals surface area contributed by atoms with Gasteiger partial charge < -0.3 is 19.4 Å². The molecule has 0 aromatic carbocycles. The molecule has 3 fully saturated rings. The highest BCUT2D eigenvalue weighted by Gasteiger charge is 2.52. The van der Waals surface area contributed by atoms with Crippen LogP contribution in [0.15, 0.2) is 6.07 Å². The lowest BCUT2D eigenvalue weighted by molar-refractivity contribution is -0.159. The van der Waals surface area contributed by atoms with Crippen molar-refractivity contribution in [2.75, 3.05) is 39.2 Å². The van der Waals surface area contributed by atoms with Crippen LogP contribution in [0, 0.1) is 18.8 Å². The third kappa shape index (κ3) is 3.50. The van der Waals surface area contributed by atoms with Crippen LogP contribution in [0.5, 0.6) is 0 Å². The van der Waals surface area contributed by atoms with Crippen molar-refractivity contribution in [1.82, 2.24) is 19.8 Å². The van der Waals surface area contributed by atoms with Gasteiger partial charge in [-0.2, -0.15) is 0 Å². The zero-order valence-corrected chi connectivity index (χ0v) is 18.0. The second-order valence-corrected chi connectivity index (χ2v) is 8.79. The summed E-state index contributed by atoms with van der Waals surface area (Å²) >= 11 is 0. The molecular weight excluding hydrogens is 386 g/mol. The number of likely N-dealkylation sites (N-methyl/N-ethyl adjacent to an activating group) is 1. The predicted molar refractivity (Wildman–Crippen MR) is 109 cm³/mol. The highest BCUT2D eigenvalue weighted by Crippen LogP contribution is 2.42. The van der Waals surface area contributed by atoms with Crippen LogP contribution in [0.25, 0.3) is 0 Å². The minimum atomic E-state index is -0.497. The van der Waals surface area contributed by atoms with Gasteiger partial charge in [0.2, 0.25) is 17.8 Å². The van der Waals surface area contributed by atoms with Gasteiger partial charge in [-0.1, -0.05) is 0 Å². The fraction of sp³-hybridized carbons (Fsp3) is 0.667. The zero-order valence-electron chi connectivity index (χ0n) is 18.0. The van der Waals surface area contributed by atoms with Gasteiger partial charge in [0.25, 0.3) is 0 Å². The Balaban J connectivity index is 1.69. The predicted octanol–water partition coefficient (Wildman–Crippen LogP) is 0.866. The number of hydrogen-bond donors (Lipinski definition) is 0. The first-order chi connectivity index (χ1) is 14.3. The Morgan fingerprint density at radius 1 is 1.20 bits per heavy atom. The van der Waals surface area contributed by atoms with Crippen LogP contribution >= 0.6 is 0 Å². The number of methoxy groups -OCH3 is 1. The number of nitrogens with zero attached hydrogens (tertiary/aromatic N) is 5. The quantitative estimate of drug-likeness (QED) is 0.676. The Morgan fingerprint density at radius 2 is 1.93 bits per heavy atom. The van der Waals surface area contributed by atoms with E-state index in [0.29, 0.717) is 31.2 Å². The molecule has 9 nitrogen and oxygen atoms in total. The van der Waals surface area contributed by atoms with Crippen molar-refractivity contribution in [2.45, 2.75) is 44.7 Å². The van der Waals surface area contributed by atoms with Gasteiger partial charge in [0, 0.05) is 51.3 Å². The third-order valence-electron chi connectivity index (χ3n) is 6.56. The summed E-state index contributed by atoms with van der Waals surface area (Å²) in [5, 5.41) is 0. The molecule has 0 aliphatic carbocycles. The van der Waals surface area contributed by atoms with Crippen molar-refractivity contribution < 1.29 is 19.1 Å². The summed E-state index contributed by atoms with van der Waals surface area (Å²) in [6.45, 7) is 3.10. The normalized spacial score (nSPS) is 28.1. The topological polar surface area (TPSA) is 95.9 Å². The molecule has 1 aromatic heterocycles. The van der Waals surface area contributed by atoms with E-state index in [2.05, 4.69) is 14.9 Å². The number of esters is 1. The molecule has 2 amide bonds. The molecule has 3 aliphatic heterocycles. The van der Waals surface area contributed by atoms with E-state index in [1.807, 2.05) is 11.8 Å². The van der Waals surface area contributed by atoms with Crippen molar-refractivity contribution in [3.63, 3.8) is 0 Å². The third-order valence-corrected chi connectivity index (χ3v) is 6.56. The van der Waals surface area contributed by atoms with Crippen LogP contribution in [-0.4, -0.2) is 83.9 Å². The first kappa shape index (κ1) is 20.6. The first-order valence-corrected chi connectivity index (χ1v) is 10.5. The summed E-state index contributed by atoms with van der Waals surface area (Å²) in [5.41, 5.74) is 0.914. The van der Waals surface area contributed by atoms with Gasteiger partial charge in [0.05, 0.1) is 7.11 Å². The molecule has 0 spiro atoms. The highest BCUT2D eigenvalue weighted by atomic mass is 16.5. The van der Waals surface area contributed by atoms with E-state index in [4.69, 9.17) is 4.74 Å². The molecule has 0 radical (unpaired) electrons. The van der Waals surface area contributed by atoms with Crippen molar-refractivity contribution in [3.8, 4) is 0 Å². The number of aryl methyl sites for hydroxylation is 1. The second kappa shape index (κ2) is 7.85. The maximum atomic E-state index is 13.1. The highest BCUT2D eigenvalue weighted by molar-refractivity contribution is 5.89. The standard InChI is InChI=1S/C21H29N5O4/c1-12-8-15(20(29)30-4)23-21(22-12)25-10-13-9-14(11-25)18(19(28)24(2)3)26-16(13)6-5-7-17(26)27/h8,13-14,16,18H,5-7,9-11H2,1-4H3/t13-,14+,16-,18+/m0/s1. The number of carbonyl (C=O) groups is 3. The number of anilines is 1. The number of piperidine rings is 3. The summed E-state index contributed by atoms with van der Waals surface area (Å²) in [4.78, 5) is 52.5. The van der Waals surface area contributed by atoms with Crippen molar-refractivity contribution in [1.29, 1.82) is 0 Å². The van der Waals surface area contributed by atoms with Gasteiger partial charge >= 0.3 is 5.97 Å². The van der Waals surface area contributed by atoms with Crippen molar-refractivity contribution >= 4 is 23.7 Å². The van der Waals surface area contributed by atoms with Crippen LogP contribution in [0.3, 0.4) is 0 Å². The largest absolute Gasteiger partial charge is 0.464 e. The molecule has 3 saturated heterocycles. The summed E-state index contributed by atoms with van der Waals surface area (Å²) in [7, 11) is 4.81. The molecule has 4 heterocycles. The summed E-state index contributed by atoms with van der Waals surface area (Å²) in [6.07, 6.45) is 3.19. The molecule has 1 aromatic rings. The molecule has 3 aliphatic rings. The monoisotopic (exact) mass is 415 g/mol. The van der Waals surface area contributed by atoms with E-state index in [-0.39, 0.29) is 35.4 Å². The Hall–Kier alpha value is -2.71. The number of fused-ring (bicyclic) bond motifs is 4. The van der Waals surface area contributed by atoms with Crippen LogP contribution < -0.4 is 4.90 Å². The van der Waals surface area contributed by atoms with E-state index in [1.54, 1.807) is 25.1 Å². The minimum absolute atomic E-state index is 0.00244. The number of aromatic nitrogens is 2. The van der Waals surface area contributed by atoms with Crippen LogP contribution in [0.1, 0.15) is 41.9 Å². The molecule has 30 heavy (non-hydrogen) atoms. The molecule has 0 unspecified atom stereocenters. The average molecular weight is 415 g/mol. The first-order valence-electron chi connectivity index (χ1n) is 10.5. The minimum Gasteiger partial charge on any atom is -0.464 e. The maximum Gasteiger partial charge on any atom is 0.356 e. The fourth-order valence-corrected chi connectivity index (χ4v) is 5.30. The van der Waals surface area contributed by atoms with E-state index in [0.717, 1.165) is 19.3 Å². The number of hydrogen-bond acceptors (Lipinski definition) is 7. The van der Waals surface area contributed by atoms with Crippen LogP contribution in [-0.2, 0) is 14.3 Å². The molecule has 9 heteroatoms. The molecule has 0 saturated carbocycles. The zero-order chi connectivity index (χ0) is 21.6. The summed E-state index contributed by atoms with van der Waals surface area (Å²) in [6, 6.07) is 1.21. The second-order valence-electron chi connectivity index (χ2n) is 8.79. The van der Waals surface area contributed by atoms with Gasteiger partial charge in [-0.15, -0.1) is 0 Å². The Morgan fingerprint density at radius 3 is 2.63 bits per heavy atom. The number of rotatable bonds is 3. The van der Waals surface area contributed by atoms with Gasteiger partial charge in [-0.05, 0) is 38.2 Å². The van der Waals surface area contributed by atoms with Crippen molar-refractivity contribution in [3.05, 3.63) is 17.5 Å². The Bertz CT molecular complexity index is 873. The van der Waals surface area contributed by atoms with E-state index >= 15 is 0 Å². The lowest BCUT2D eigenvalue weighted by Crippen LogP contribution is -2.68. The molecule has 162 valence electrons. The van der Waals surface area contributed by atoms with E-state index < -0.39 is 12.0 Å². The van der Waals surface area contributed by atoms with Crippen molar-refractivity contribution in [2.24, 2.45) is 11.8 Å².